The van der Waals surface area contributed by atoms with Crippen LogP contribution in [0.4, 0.5) is 17.1 Å². The van der Waals surface area contributed by atoms with E-state index in [1.165, 1.54) is 6.07 Å². The Morgan fingerprint density at radius 2 is 1.57 bits per heavy atom. The average Bonchev–Trinajstić information content (AvgIpc) is 2.95. The second-order valence-corrected chi connectivity index (χ2v) is 9.10. The Kier molecular flexibility index (Phi) is 5.05. The molecule has 0 spiro atoms. The summed E-state index contributed by atoms with van der Waals surface area (Å²) >= 11 is 0. The molecule has 0 bridgehead atoms. The van der Waals surface area contributed by atoms with Crippen LogP contribution in [0, 0.1) is 0 Å². The molecule has 0 saturated carbocycles. The highest BCUT2D eigenvalue weighted by molar-refractivity contribution is 7.85. The zero-order valence-corrected chi connectivity index (χ0v) is 17.6. The Labute approximate surface area is 176 Å². The monoisotopic (exact) mass is 419 g/mol. The van der Waals surface area contributed by atoms with E-state index in [4.69, 9.17) is 0 Å². The first-order chi connectivity index (χ1) is 14.3. The minimum Gasteiger partial charge on any atom is -0.361 e. The maximum Gasteiger partial charge on any atom is 0.294 e. The molecular formula is C24H23N2O3S+. The van der Waals surface area contributed by atoms with Crippen LogP contribution in [-0.2, 0) is 15.5 Å². The minimum atomic E-state index is -4.29. The van der Waals surface area contributed by atoms with E-state index in [-0.39, 0.29) is 4.90 Å². The van der Waals surface area contributed by atoms with Crippen molar-refractivity contribution in [1.29, 1.82) is 0 Å². The van der Waals surface area contributed by atoms with Crippen molar-refractivity contribution in [3.8, 4) is 0 Å². The second kappa shape index (κ2) is 7.55. The largest absolute Gasteiger partial charge is 0.361 e. The highest BCUT2D eigenvalue weighted by Gasteiger charge is 2.45. The van der Waals surface area contributed by atoms with Crippen LogP contribution in [0.15, 0.2) is 96.0 Å². The molecule has 4 rings (SSSR count). The molecule has 30 heavy (non-hydrogen) atoms. The molecule has 6 heteroatoms. The van der Waals surface area contributed by atoms with Crippen molar-refractivity contribution in [2.45, 2.75) is 24.2 Å². The molecule has 1 aliphatic rings. The standard InChI is InChI=1S/C24H22N2O3S/c1-24(2)21-17-20(30(27,28)29)13-14-22(21)26(19-11-7-4-8-12-19)23(24)15-16-25-18-9-5-3-6-10-18/h3-17H,1-2H3,(H,27,28,29)/p+1. The normalized spacial score (nSPS) is 15.4. The van der Waals surface area contributed by atoms with Gasteiger partial charge in [0.1, 0.15) is 0 Å². The molecule has 0 unspecified atom stereocenters. The van der Waals surface area contributed by atoms with Crippen LogP contribution in [0.3, 0.4) is 0 Å². The molecule has 0 aliphatic carbocycles. The number of hydrogen-bond donors (Lipinski definition) is 2. The van der Waals surface area contributed by atoms with Crippen LogP contribution in [0.5, 0.6) is 0 Å². The van der Waals surface area contributed by atoms with Crippen molar-refractivity contribution < 1.29 is 13.0 Å². The number of allylic oxidation sites excluding steroid dienone is 1. The van der Waals surface area contributed by atoms with Crippen LogP contribution in [0.1, 0.15) is 19.4 Å². The number of anilines is 1. The predicted octanol–water partition coefficient (Wildman–Crippen LogP) is 5.13. The number of fused-ring (bicyclic) bond motifs is 1. The van der Waals surface area contributed by atoms with Crippen molar-refractivity contribution in [2.75, 3.05) is 5.32 Å². The Bertz CT molecular complexity index is 1250. The van der Waals surface area contributed by atoms with Gasteiger partial charge in [0.25, 0.3) is 10.1 Å². The van der Waals surface area contributed by atoms with Gasteiger partial charge in [-0.1, -0.05) is 36.4 Å². The van der Waals surface area contributed by atoms with Gasteiger partial charge < -0.3 is 5.32 Å². The van der Waals surface area contributed by atoms with Gasteiger partial charge in [-0.2, -0.15) is 13.0 Å². The Morgan fingerprint density at radius 1 is 0.933 bits per heavy atom. The van der Waals surface area contributed by atoms with Crippen LogP contribution in [0.25, 0.3) is 0 Å². The molecule has 3 aromatic carbocycles. The van der Waals surface area contributed by atoms with E-state index in [1.54, 1.807) is 12.1 Å². The maximum absolute atomic E-state index is 11.7. The zero-order valence-electron chi connectivity index (χ0n) is 16.8. The molecule has 0 amide bonds. The topological polar surface area (TPSA) is 69.4 Å². The number of nitrogens with zero attached hydrogens (tertiary/aromatic N) is 1. The number of benzene rings is 3. The van der Waals surface area contributed by atoms with Gasteiger partial charge in [0.2, 0.25) is 11.4 Å². The van der Waals surface area contributed by atoms with Crippen molar-refractivity contribution in [3.05, 3.63) is 96.7 Å². The highest BCUT2D eigenvalue weighted by atomic mass is 32.2. The van der Waals surface area contributed by atoms with Gasteiger partial charge in [0.15, 0.2) is 5.71 Å². The fourth-order valence-corrected chi connectivity index (χ4v) is 4.31. The van der Waals surface area contributed by atoms with Gasteiger partial charge >= 0.3 is 0 Å². The van der Waals surface area contributed by atoms with E-state index in [0.717, 1.165) is 28.3 Å². The molecule has 1 aliphatic heterocycles. The van der Waals surface area contributed by atoms with Crippen molar-refractivity contribution in [1.82, 2.24) is 4.58 Å². The summed E-state index contributed by atoms with van der Waals surface area (Å²) in [4.78, 5) is -0.102. The molecule has 0 saturated heterocycles. The molecule has 152 valence electrons. The molecule has 3 aromatic rings. The second-order valence-electron chi connectivity index (χ2n) is 7.68. The zero-order chi connectivity index (χ0) is 21.4. The maximum atomic E-state index is 11.7. The van der Waals surface area contributed by atoms with Gasteiger partial charge in [-0.3, -0.25) is 4.55 Å². The summed E-state index contributed by atoms with van der Waals surface area (Å²) in [5, 5.41) is 3.28. The molecule has 1 heterocycles. The predicted molar refractivity (Wildman–Crippen MR) is 121 cm³/mol. The summed E-state index contributed by atoms with van der Waals surface area (Å²) < 4.78 is 35.1. The summed E-state index contributed by atoms with van der Waals surface area (Å²) in [5.41, 5.74) is 4.17. The lowest BCUT2D eigenvalue weighted by atomic mass is 9.81. The third-order valence-electron chi connectivity index (χ3n) is 5.34. The number of hydrogen-bond acceptors (Lipinski definition) is 3. The van der Waals surface area contributed by atoms with Crippen LogP contribution in [-0.4, -0.2) is 18.7 Å². The molecule has 0 radical (unpaired) electrons. The third-order valence-corrected chi connectivity index (χ3v) is 6.19. The smallest absolute Gasteiger partial charge is 0.294 e. The first-order valence-electron chi connectivity index (χ1n) is 9.61. The van der Waals surface area contributed by atoms with E-state index in [9.17, 15) is 13.0 Å². The molecular weight excluding hydrogens is 396 g/mol. The Balaban J connectivity index is 1.85. The van der Waals surface area contributed by atoms with Crippen LogP contribution < -0.4 is 9.89 Å². The van der Waals surface area contributed by atoms with E-state index < -0.39 is 15.5 Å². The lowest BCUT2D eigenvalue weighted by Gasteiger charge is -2.16. The quantitative estimate of drug-likeness (QED) is 0.445. The number of para-hydroxylation sites is 2. The Hall–Kier alpha value is -3.22. The molecule has 5 nitrogen and oxygen atoms in total. The fraction of sp³-hybridized carbons (Fsp3) is 0.125. The van der Waals surface area contributed by atoms with E-state index in [0.29, 0.717) is 0 Å². The van der Waals surface area contributed by atoms with Gasteiger partial charge in [-0.25, -0.2) is 0 Å². The number of nitrogens with one attached hydrogen (secondary N) is 1. The fourth-order valence-electron chi connectivity index (χ4n) is 3.81. The summed E-state index contributed by atoms with van der Waals surface area (Å²) in [6, 6.07) is 24.5. The van der Waals surface area contributed by atoms with Crippen LogP contribution in [0.2, 0.25) is 0 Å². The van der Waals surface area contributed by atoms with Gasteiger partial charge in [-0.05, 0) is 38.1 Å². The van der Waals surface area contributed by atoms with Crippen molar-refractivity contribution in [2.24, 2.45) is 0 Å². The van der Waals surface area contributed by atoms with E-state index >= 15 is 0 Å². The first-order valence-corrected chi connectivity index (χ1v) is 11.1. The summed E-state index contributed by atoms with van der Waals surface area (Å²) in [6.45, 7) is 4.09. The summed E-state index contributed by atoms with van der Waals surface area (Å²) in [5.74, 6) is 0. The first kappa shape index (κ1) is 20.1. The van der Waals surface area contributed by atoms with Crippen molar-refractivity contribution >= 4 is 32.9 Å². The molecule has 0 aromatic heterocycles. The molecule has 0 fully saturated rings. The molecule has 2 N–H and O–H groups in total. The van der Waals surface area contributed by atoms with Gasteiger partial charge in [-0.15, -0.1) is 0 Å². The number of rotatable bonds is 5. The van der Waals surface area contributed by atoms with Gasteiger partial charge in [0, 0.05) is 41.7 Å². The van der Waals surface area contributed by atoms with E-state index in [1.807, 2.05) is 86.8 Å². The van der Waals surface area contributed by atoms with Crippen molar-refractivity contribution in [3.63, 3.8) is 0 Å². The minimum absolute atomic E-state index is 0.102. The van der Waals surface area contributed by atoms with Gasteiger partial charge in [0.05, 0.1) is 10.3 Å². The summed E-state index contributed by atoms with van der Waals surface area (Å²) in [6.07, 6.45) is 3.89. The lowest BCUT2D eigenvalue weighted by Crippen LogP contribution is -2.28. The SMILES string of the molecule is CC1(C)C(/C=C/Nc2ccccc2)=[N+](c2ccccc2)c2ccc(S(=O)(=O)O)cc21. The lowest BCUT2D eigenvalue weighted by molar-refractivity contribution is 0.483. The average molecular weight is 420 g/mol. The highest BCUT2D eigenvalue weighted by Crippen LogP contribution is 2.42. The molecule has 0 atom stereocenters. The van der Waals surface area contributed by atoms with E-state index in [2.05, 4.69) is 9.89 Å². The van der Waals surface area contributed by atoms with Crippen LogP contribution >= 0.6 is 0 Å². The summed E-state index contributed by atoms with van der Waals surface area (Å²) in [7, 11) is -4.29. The Morgan fingerprint density at radius 3 is 2.20 bits per heavy atom. The third kappa shape index (κ3) is 3.67.